The molecule has 1 aromatic carbocycles. The molecule has 0 radical (unpaired) electrons. The maximum atomic E-state index is 5.70. The van der Waals surface area contributed by atoms with Gasteiger partial charge in [0.25, 0.3) is 0 Å². The van der Waals surface area contributed by atoms with Crippen molar-refractivity contribution in [2.45, 2.75) is 19.5 Å². The van der Waals surface area contributed by atoms with Crippen molar-refractivity contribution in [1.29, 1.82) is 0 Å². The lowest BCUT2D eigenvalue weighted by Gasteiger charge is -2.36. The number of nitrogens with zero attached hydrogens (tertiary/aromatic N) is 2. The number of ether oxygens (including phenoxy) is 1. The van der Waals surface area contributed by atoms with Crippen LogP contribution in [0.25, 0.3) is 0 Å². The molecule has 0 amide bonds. The molecule has 3 rings (SSSR count). The Hall–Kier alpha value is -1.97. The van der Waals surface area contributed by atoms with Gasteiger partial charge in [0.1, 0.15) is 12.4 Å². The highest BCUT2D eigenvalue weighted by molar-refractivity contribution is 5.60. The smallest absolute Gasteiger partial charge is 0.155 e. The molecule has 88 valence electrons. The summed E-state index contributed by atoms with van der Waals surface area (Å²) in [5.74, 6) is 1.80. The Labute approximate surface area is 99.8 Å². The summed E-state index contributed by atoms with van der Waals surface area (Å²) in [6.45, 7) is 3.57. The van der Waals surface area contributed by atoms with Gasteiger partial charge in [0.2, 0.25) is 0 Å². The van der Waals surface area contributed by atoms with Gasteiger partial charge in [-0.05, 0) is 19.1 Å². The number of fused-ring (bicyclic) bond motifs is 1. The molecule has 1 atom stereocenters. The molecule has 2 heterocycles. The Bertz CT molecular complexity index is 496. The zero-order valence-electron chi connectivity index (χ0n) is 9.67. The molecule has 1 unspecified atom stereocenters. The second-order valence-corrected chi connectivity index (χ2v) is 4.23. The fourth-order valence-electron chi connectivity index (χ4n) is 2.09. The van der Waals surface area contributed by atoms with Crippen LogP contribution in [0.15, 0.2) is 41.1 Å². The number of hydrogen-bond acceptors (Lipinski definition) is 4. The van der Waals surface area contributed by atoms with Crippen LogP contribution >= 0.6 is 0 Å². The molecule has 0 N–H and O–H groups in total. The van der Waals surface area contributed by atoms with E-state index in [1.165, 1.54) is 0 Å². The van der Waals surface area contributed by atoms with Crippen LogP contribution in [0.4, 0.5) is 5.69 Å². The quantitative estimate of drug-likeness (QED) is 0.794. The first-order chi connectivity index (χ1) is 8.34. The van der Waals surface area contributed by atoms with Gasteiger partial charge in [0, 0.05) is 6.07 Å². The third-order valence-corrected chi connectivity index (χ3v) is 3.00. The van der Waals surface area contributed by atoms with Crippen molar-refractivity contribution < 1.29 is 9.26 Å². The van der Waals surface area contributed by atoms with E-state index >= 15 is 0 Å². The number of aromatic nitrogens is 1. The molecule has 0 aliphatic carbocycles. The number of benzene rings is 1. The molecular formula is C13H14N2O2. The molecule has 0 spiro atoms. The molecule has 17 heavy (non-hydrogen) atoms. The summed E-state index contributed by atoms with van der Waals surface area (Å²) in [5.41, 5.74) is 1.11. The first kappa shape index (κ1) is 10.2. The van der Waals surface area contributed by atoms with Crippen molar-refractivity contribution in [1.82, 2.24) is 5.16 Å². The van der Waals surface area contributed by atoms with Gasteiger partial charge >= 0.3 is 0 Å². The van der Waals surface area contributed by atoms with Crippen LogP contribution in [0.5, 0.6) is 5.75 Å². The second kappa shape index (κ2) is 4.13. The predicted octanol–water partition coefficient (Wildman–Crippen LogP) is 2.46. The maximum Gasteiger partial charge on any atom is 0.155 e. The number of hydrogen-bond donors (Lipinski definition) is 0. The summed E-state index contributed by atoms with van der Waals surface area (Å²) >= 11 is 0. The SMILES string of the molecule is CC1COc2ccccc2N1Cc1ccno1. The van der Waals surface area contributed by atoms with Crippen LogP contribution in [-0.4, -0.2) is 17.8 Å². The number of para-hydroxylation sites is 2. The van der Waals surface area contributed by atoms with Gasteiger partial charge in [-0.2, -0.15) is 0 Å². The molecule has 1 aromatic heterocycles. The summed E-state index contributed by atoms with van der Waals surface area (Å²) < 4.78 is 10.9. The highest BCUT2D eigenvalue weighted by Gasteiger charge is 2.24. The molecule has 0 fully saturated rings. The molecule has 2 aromatic rings. The van der Waals surface area contributed by atoms with Crippen LogP contribution in [0.2, 0.25) is 0 Å². The Morgan fingerprint density at radius 1 is 1.35 bits per heavy atom. The summed E-state index contributed by atoms with van der Waals surface area (Å²) in [6.07, 6.45) is 1.67. The van der Waals surface area contributed by atoms with Crippen LogP contribution in [0, 0.1) is 0 Å². The maximum absolute atomic E-state index is 5.70. The van der Waals surface area contributed by atoms with Crippen LogP contribution < -0.4 is 9.64 Å². The minimum atomic E-state index is 0.329. The van der Waals surface area contributed by atoms with Gasteiger partial charge in [-0.1, -0.05) is 17.3 Å². The largest absolute Gasteiger partial charge is 0.489 e. The van der Waals surface area contributed by atoms with E-state index < -0.39 is 0 Å². The normalized spacial score (nSPS) is 18.6. The number of anilines is 1. The first-order valence-corrected chi connectivity index (χ1v) is 5.72. The average Bonchev–Trinajstić information content (AvgIpc) is 2.86. The third-order valence-electron chi connectivity index (χ3n) is 3.00. The van der Waals surface area contributed by atoms with E-state index in [2.05, 4.69) is 23.0 Å². The van der Waals surface area contributed by atoms with Gasteiger partial charge in [-0.25, -0.2) is 0 Å². The highest BCUT2D eigenvalue weighted by atomic mass is 16.5. The Balaban J connectivity index is 1.92. The van der Waals surface area contributed by atoms with Crippen molar-refractivity contribution in [3.8, 4) is 5.75 Å². The monoisotopic (exact) mass is 230 g/mol. The van der Waals surface area contributed by atoms with E-state index in [0.717, 1.165) is 23.7 Å². The van der Waals surface area contributed by atoms with E-state index in [1.807, 2.05) is 24.3 Å². The van der Waals surface area contributed by atoms with E-state index in [9.17, 15) is 0 Å². The van der Waals surface area contributed by atoms with Crippen molar-refractivity contribution in [2.24, 2.45) is 0 Å². The van der Waals surface area contributed by atoms with Gasteiger partial charge in [-0.3, -0.25) is 0 Å². The minimum Gasteiger partial charge on any atom is -0.489 e. The van der Waals surface area contributed by atoms with Crippen LogP contribution in [0.3, 0.4) is 0 Å². The van der Waals surface area contributed by atoms with E-state index in [-0.39, 0.29) is 0 Å². The van der Waals surface area contributed by atoms with Crippen molar-refractivity contribution in [3.63, 3.8) is 0 Å². The van der Waals surface area contributed by atoms with Crippen LogP contribution in [0.1, 0.15) is 12.7 Å². The molecular weight excluding hydrogens is 216 g/mol. The average molecular weight is 230 g/mol. The Morgan fingerprint density at radius 2 is 2.24 bits per heavy atom. The molecule has 1 aliphatic heterocycles. The number of rotatable bonds is 2. The van der Waals surface area contributed by atoms with E-state index in [1.54, 1.807) is 6.20 Å². The van der Waals surface area contributed by atoms with E-state index in [0.29, 0.717) is 12.6 Å². The molecule has 0 saturated carbocycles. The standard InChI is InChI=1S/C13H14N2O2/c1-10-9-16-13-5-3-2-4-12(13)15(10)8-11-6-7-14-17-11/h2-7,10H,8-9H2,1H3. The van der Waals surface area contributed by atoms with Gasteiger partial charge in [-0.15, -0.1) is 0 Å². The van der Waals surface area contributed by atoms with Crippen molar-refractivity contribution in [2.75, 3.05) is 11.5 Å². The molecule has 0 bridgehead atoms. The fraction of sp³-hybridized carbons (Fsp3) is 0.308. The summed E-state index contributed by atoms with van der Waals surface area (Å²) in [7, 11) is 0. The lowest BCUT2D eigenvalue weighted by atomic mass is 10.1. The van der Waals surface area contributed by atoms with Crippen LogP contribution in [-0.2, 0) is 6.54 Å². The summed E-state index contributed by atoms with van der Waals surface area (Å²) in [4.78, 5) is 2.28. The Kier molecular flexibility index (Phi) is 2.48. The lowest BCUT2D eigenvalue weighted by Crippen LogP contribution is -2.40. The summed E-state index contributed by atoms with van der Waals surface area (Å²) in [6, 6.07) is 10.3. The first-order valence-electron chi connectivity index (χ1n) is 5.72. The zero-order chi connectivity index (χ0) is 11.7. The predicted molar refractivity (Wildman–Crippen MR) is 64.1 cm³/mol. The lowest BCUT2D eigenvalue weighted by molar-refractivity contribution is 0.264. The zero-order valence-corrected chi connectivity index (χ0v) is 9.67. The molecule has 1 aliphatic rings. The summed E-state index contributed by atoms with van der Waals surface area (Å²) in [5, 5.41) is 3.74. The van der Waals surface area contributed by atoms with Gasteiger partial charge in [0.15, 0.2) is 5.76 Å². The molecule has 4 nitrogen and oxygen atoms in total. The molecule has 0 saturated heterocycles. The highest BCUT2D eigenvalue weighted by Crippen LogP contribution is 2.34. The van der Waals surface area contributed by atoms with Crippen molar-refractivity contribution in [3.05, 3.63) is 42.3 Å². The Morgan fingerprint density at radius 3 is 3.06 bits per heavy atom. The topological polar surface area (TPSA) is 38.5 Å². The minimum absolute atomic E-state index is 0.329. The van der Waals surface area contributed by atoms with Gasteiger partial charge < -0.3 is 14.2 Å². The van der Waals surface area contributed by atoms with Crippen molar-refractivity contribution >= 4 is 5.69 Å². The fourth-order valence-corrected chi connectivity index (χ4v) is 2.09. The second-order valence-electron chi connectivity index (χ2n) is 4.23. The third kappa shape index (κ3) is 1.86. The van der Waals surface area contributed by atoms with E-state index in [4.69, 9.17) is 9.26 Å². The molecule has 4 heteroatoms. The van der Waals surface area contributed by atoms with Gasteiger partial charge in [0.05, 0.1) is 24.5 Å².